The zero-order valence-electron chi connectivity index (χ0n) is 14.7. The third-order valence-electron chi connectivity index (χ3n) is 5.06. The molecule has 136 valence electrons. The standard InChI is InChI=1S/C20H23N3O2S/c24-18-8-3-2-7-15(18)16-13-17(19-9-6-12-26-19)23(21-16)20(25)14-22-10-4-1-5-11-22/h2-3,6-9,12,17,24H,1,4-5,10-11,13-14H2. The van der Waals surface area contributed by atoms with Gasteiger partial charge in [0.2, 0.25) is 0 Å². The second kappa shape index (κ2) is 7.60. The molecule has 1 amide bonds. The largest absolute Gasteiger partial charge is 0.507 e. The van der Waals surface area contributed by atoms with Crippen molar-refractivity contribution in [2.45, 2.75) is 31.7 Å². The molecular weight excluding hydrogens is 346 g/mol. The zero-order valence-corrected chi connectivity index (χ0v) is 15.5. The number of benzene rings is 1. The highest BCUT2D eigenvalue weighted by Gasteiger charge is 2.35. The Bertz CT molecular complexity index is 797. The molecule has 1 aromatic carbocycles. The summed E-state index contributed by atoms with van der Waals surface area (Å²) in [6.45, 7) is 2.39. The normalized spacial score (nSPS) is 21.0. The van der Waals surface area contributed by atoms with Gasteiger partial charge in [0.25, 0.3) is 5.91 Å². The highest BCUT2D eigenvalue weighted by atomic mass is 32.1. The first-order valence-electron chi connectivity index (χ1n) is 9.16. The lowest BCUT2D eigenvalue weighted by Crippen LogP contribution is -2.40. The van der Waals surface area contributed by atoms with Crippen molar-refractivity contribution in [3.05, 3.63) is 52.2 Å². The van der Waals surface area contributed by atoms with Crippen LogP contribution < -0.4 is 0 Å². The van der Waals surface area contributed by atoms with E-state index in [9.17, 15) is 9.90 Å². The summed E-state index contributed by atoms with van der Waals surface area (Å²) in [5, 5.41) is 18.5. The Hall–Kier alpha value is -2.18. The number of phenols is 1. The average Bonchev–Trinajstić information content (AvgIpc) is 3.32. The number of hydrogen-bond acceptors (Lipinski definition) is 5. The molecule has 1 N–H and O–H groups in total. The number of carbonyl (C=O) groups excluding carboxylic acids is 1. The van der Waals surface area contributed by atoms with E-state index in [1.165, 1.54) is 6.42 Å². The summed E-state index contributed by atoms with van der Waals surface area (Å²) in [6.07, 6.45) is 4.20. The molecule has 4 rings (SSSR count). The number of hydrazone groups is 1. The summed E-state index contributed by atoms with van der Waals surface area (Å²) >= 11 is 1.65. The molecule has 0 bridgehead atoms. The number of thiophene rings is 1. The molecule has 1 saturated heterocycles. The third-order valence-corrected chi connectivity index (χ3v) is 6.03. The van der Waals surface area contributed by atoms with E-state index in [0.29, 0.717) is 18.5 Å². The van der Waals surface area contributed by atoms with Crippen LogP contribution in [-0.2, 0) is 4.79 Å². The van der Waals surface area contributed by atoms with Gasteiger partial charge in [0.1, 0.15) is 5.75 Å². The maximum atomic E-state index is 13.0. The summed E-state index contributed by atoms with van der Waals surface area (Å²) in [5.41, 5.74) is 1.48. The number of hydrogen-bond donors (Lipinski definition) is 1. The molecule has 2 aliphatic rings. The van der Waals surface area contributed by atoms with Gasteiger partial charge >= 0.3 is 0 Å². The Morgan fingerprint density at radius 2 is 1.96 bits per heavy atom. The van der Waals surface area contributed by atoms with Gasteiger partial charge in [0.05, 0.1) is 18.3 Å². The maximum absolute atomic E-state index is 13.0. The predicted molar refractivity (Wildman–Crippen MR) is 103 cm³/mol. The minimum absolute atomic E-state index is 0.0377. The number of rotatable bonds is 4. The van der Waals surface area contributed by atoms with Crippen LogP contribution >= 0.6 is 11.3 Å². The molecule has 6 heteroatoms. The van der Waals surface area contributed by atoms with Crippen molar-refractivity contribution in [1.29, 1.82) is 0 Å². The summed E-state index contributed by atoms with van der Waals surface area (Å²) < 4.78 is 0. The quantitative estimate of drug-likeness (QED) is 0.896. The van der Waals surface area contributed by atoms with Crippen molar-refractivity contribution in [2.75, 3.05) is 19.6 Å². The second-order valence-electron chi connectivity index (χ2n) is 6.87. The van der Waals surface area contributed by atoms with Crippen molar-refractivity contribution in [2.24, 2.45) is 5.10 Å². The predicted octanol–water partition coefficient (Wildman–Crippen LogP) is 3.62. The van der Waals surface area contributed by atoms with Crippen LogP contribution in [0.5, 0.6) is 5.75 Å². The molecule has 1 unspecified atom stereocenters. The van der Waals surface area contributed by atoms with Gasteiger partial charge in [-0.1, -0.05) is 24.6 Å². The van der Waals surface area contributed by atoms with Crippen LogP contribution in [0.3, 0.4) is 0 Å². The van der Waals surface area contributed by atoms with Gasteiger partial charge in [-0.3, -0.25) is 9.69 Å². The molecule has 1 aromatic heterocycles. The highest BCUT2D eigenvalue weighted by molar-refractivity contribution is 7.10. The van der Waals surface area contributed by atoms with Crippen molar-refractivity contribution in [1.82, 2.24) is 9.91 Å². The number of para-hydroxylation sites is 1. The Morgan fingerprint density at radius 1 is 1.15 bits per heavy atom. The van der Waals surface area contributed by atoms with Gasteiger partial charge in [-0.2, -0.15) is 5.10 Å². The first-order valence-corrected chi connectivity index (χ1v) is 10.0. The summed E-state index contributed by atoms with van der Waals surface area (Å²) in [7, 11) is 0. The molecule has 2 aliphatic heterocycles. The van der Waals surface area contributed by atoms with Crippen LogP contribution in [0.15, 0.2) is 46.9 Å². The van der Waals surface area contributed by atoms with Crippen molar-refractivity contribution in [3.8, 4) is 5.75 Å². The van der Waals surface area contributed by atoms with Crippen molar-refractivity contribution >= 4 is 23.0 Å². The monoisotopic (exact) mass is 369 g/mol. The lowest BCUT2D eigenvalue weighted by Gasteiger charge is -2.28. The van der Waals surface area contributed by atoms with Gasteiger partial charge in [-0.15, -0.1) is 11.3 Å². The highest BCUT2D eigenvalue weighted by Crippen LogP contribution is 2.36. The zero-order chi connectivity index (χ0) is 17.9. The van der Waals surface area contributed by atoms with Gasteiger partial charge in [-0.05, 0) is 49.5 Å². The molecule has 0 aliphatic carbocycles. The van der Waals surface area contributed by atoms with E-state index in [1.54, 1.807) is 28.5 Å². The number of likely N-dealkylation sites (tertiary alicyclic amines) is 1. The fourth-order valence-electron chi connectivity index (χ4n) is 3.70. The van der Waals surface area contributed by atoms with Gasteiger partial charge < -0.3 is 5.11 Å². The van der Waals surface area contributed by atoms with Crippen LogP contribution in [-0.4, -0.2) is 46.3 Å². The van der Waals surface area contributed by atoms with E-state index in [0.717, 1.165) is 36.5 Å². The molecular formula is C20H23N3O2S. The van der Waals surface area contributed by atoms with Crippen LogP contribution in [0.25, 0.3) is 0 Å². The SMILES string of the molecule is O=C(CN1CCCCC1)N1N=C(c2ccccc2O)CC1c1cccs1. The van der Waals surface area contributed by atoms with Gasteiger partial charge in [-0.25, -0.2) is 5.01 Å². The minimum atomic E-state index is -0.0816. The third kappa shape index (κ3) is 3.52. The second-order valence-corrected chi connectivity index (χ2v) is 7.85. The van der Waals surface area contributed by atoms with E-state index in [4.69, 9.17) is 0 Å². The summed E-state index contributed by atoms with van der Waals surface area (Å²) in [4.78, 5) is 16.4. The smallest absolute Gasteiger partial charge is 0.257 e. The fourth-order valence-corrected chi connectivity index (χ4v) is 4.52. The number of piperidine rings is 1. The molecule has 5 nitrogen and oxygen atoms in total. The number of aromatic hydroxyl groups is 1. The van der Waals surface area contributed by atoms with Crippen LogP contribution in [0.1, 0.15) is 42.2 Å². The molecule has 0 radical (unpaired) electrons. The Morgan fingerprint density at radius 3 is 2.69 bits per heavy atom. The fraction of sp³-hybridized carbons (Fsp3) is 0.400. The molecule has 3 heterocycles. The van der Waals surface area contributed by atoms with Gasteiger partial charge in [0, 0.05) is 16.9 Å². The van der Waals surface area contributed by atoms with Gasteiger partial charge in [0.15, 0.2) is 0 Å². The van der Waals surface area contributed by atoms with E-state index < -0.39 is 0 Å². The Kier molecular flexibility index (Phi) is 5.04. The van der Waals surface area contributed by atoms with E-state index in [-0.39, 0.29) is 17.7 Å². The lowest BCUT2D eigenvalue weighted by atomic mass is 10.0. The average molecular weight is 369 g/mol. The molecule has 0 saturated carbocycles. The molecule has 0 spiro atoms. The summed E-state index contributed by atoms with van der Waals surface area (Å²) in [6, 6.07) is 11.2. The Labute approximate surface area is 157 Å². The topological polar surface area (TPSA) is 56.1 Å². The molecule has 1 atom stereocenters. The van der Waals surface area contributed by atoms with Crippen molar-refractivity contribution < 1.29 is 9.90 Å². The van der Waals surface area contributed by atoms with Crippen LogP contribution in [0.2, 0.25) is 0 Å². The maximum Gasteiger partial charge on any atom is 0.257 e. The molecule has 2 aromatic rings. The van der Waals surface area contributed by atoms with Crippen LogP contribution in [0, 0.1) is 0 Å². The number of amides is 1. The van der Waals surface area contributed by atoms with E-state index in [2.05, 4.69) is 16.1 Å². The first kappa shape index (κ1) is 17.2. The summed E-state index contributed by atoms with van der Waals surface area (Å²) in [5.74, 6) is 0.247. The van der Waals surface area contributed by atoms with E-state index >= 15 is 0 Å². The number of nitrogens with zero attached hydrogens (tertiary/aromatic N) is 3. The molecule has 26 heavy (non-hydrogen) atoms. The first-order chi connectivity index (χ1) is 12.7. The minimum Gasteiger partial charge on any atom is -0.507 e. The lowest BCUT2D eigenvalue weighted by molar-refractivity contribution is -0.134. The van der Waals surface area contributed by atoms with E-state index in [1.807, 2.05) is 23.6 Å². The molecule has 1 fully saturated rings. The number of phenolic OH excluding ortho intramolecular Hbond substituents is 1. The number of carbonyl (C=O) groups is 1. The van der Waals surface area contributed by atoms with Crippen molar-refractivity contribution in [3.63, 3.8) is 0 Å². The Balaban J connectivity index is 1.59. The van der Waals surface area contributed by atoms with Crippen LogP contribution in [0.4, 0.5) is 0 Å².